The molecule has 0 radical (unpaired) electrons. The molecule has 1 amide bonds. The number of hydrogen-bond donors (Lipinski definition) is 2. The molecule has 2 aromatic carbocycles. The van der Waals surface area contributed by atoms with Gasteiger partial charge in [-0.1, -0.05) is 23.2 Å². The van der Waals surface area contributed by atoms with Gasteiger partial charge < -0.3 is 10.2 Å². The van der Waals surface area contributed by atoms with Crippen LogP contribution in [-0.4, -0.2) is 34.1 Å². The van der Waals surface area contributed by atoms with E-state index in [0.717, 1.165) is 28.4 Å². The second kappa shape index (κ2) is 10.6. The average Bonchev–Trinajstić information content (AvgIpc) is 2.74. The summed E-state index contributed by atoms with van der Waals surface area (Å²) in [5.74, 6) is -0.546. The van der Waals surface area contributed by atoms with Crippen molar-refractivity contribution < 1.29 is 17.8 Å². The zero-order chi connectivity index (χ0) is 26.9. The predicted octanol–water partition coefficient (Wildman–Crippen LogP) is 4.22. The predicted molar refractivity (Wildman–Crippen MR) is 145 cm³/mol. The molecular weight excluding hydrogens is 521 g/mol. The van der Waals surface area contributed by atoms with Crippen molar-refractivity contribution in [3.8, 4) is 0 Å². The van der Waals surface area contributed by atoms with Gasteiger partial charge in [-0.3, -0.25) is 4.79 Å². The molecule has 0 saturated heterocycles. The molecule has 1 aromatic heterocycles. The fourth-order valence-electron chi connectivity index (χ4n) is 3.85. The third-order valence-electron chi connectivity index (χ3n) is 5.51. The van der Waals surface area contributed by atoms with Gasteiger partial charge in [-0.25, -0.2) is 18.5 Å². The zero-order valence-corrected chi connectivity index (χ0v) is 23.2. The van der Waals surface area contributed by atoms with Crippen LogP contribution in [-0.2, 0) is 21.9 Å². The number of aliphatic imine (C=N–C) groups is 1. The Morgan fingerprint density at radius 3 is 2.25 bits per heavy atom. The molecule has 1 heterocycles. The van der Waals surface area contributed by atoms with Crippen LogP contribution in [0.1, 0.15) is 22.4 Å². The SMILES string of the molecule is Cc1cc(C)c(C(=Nc2ccc(N(C)C)cc2C)C(=O)Nc2cc(Cl)c(S(N)(=O)=O)cc2Cl)[n+](C)c1. The van der Waals surface area contributed by atoms with Crippen molar-refractivity contribution in [1.82, 2.24) is 0 Å². The van der Waals surface area contributed by atoms with Gasteiger partial charge in [-0.15, -0.1) is 0 Å². The number of halogens is 2. The maximum atomic E-state index is 13.6. The van der Waals surface area contributed by atoms with Crippen LogP contribution in [0.4, 0.5) is 17.1 Å². The Morgan fingerprint density at radius 1 is 1.03 bits per heavy atom. The number of primary sulfonamides is 1. The van der Waals surface area contributed by atoms with Crippen LogP contribution in [0.15, 0.2) is 52.5 Å². The molecule has 190 valence electrons. The summed E-state index contributed by atoms with van der Waals surface area (Å²) in [5.41, 5.74) is 5.28. The maximum Gasteiger partial charge on any atom is 0.281 e. The second-order valence-electron chi connectivity index (χ2n) is 8.75. The van der Waals surface area contributed by atoms with E-state index >= 15 is 0 Å². The molecule has 0 aliphatic carbocycles. The summed E-state index contributed by atoms with van der Waals surface area (Å²) < 4.78 is 25.4. The van der Waals surface area contributed by atoms with E-state index in [1.807, 2.05) is 81.8 Å². The van der Waals surface area contributed by atoms with Crippen molar-refractivity contribution in [2.24, 2.45) is 17.2 Å². The standard InChI is InChI=1S/C25H27Cl2N5O3S/c1-14-9-16(3)24(32(6)13-14)23(29-20-8-7-17(31(4)5)10-15(20)2)25(33)30-21-11-19(27)22(12-18(21)26)36(28,34)35/h7-13H,1-6H3,(H2-,28,30,33,34,35)/p+1. The summed E-state index contributed by atoms with van der Waals surface area (Å²) in [6, 6.07) is 10.1. The highest BCUT2D eigenvalue weighted by Crippen LogP contribution is 2.32. The van der Waals surface area contributed by atoms with Gasteiger partial charge in [0.2, 0.25) is 21.4 Å². The van der Waals surface area contributed by atoms with Crippen molar-refractivity contribution in [2.75, 3.05) is 24.3 Å². The molecule has 3 N–H and O–H groups in total. The highest BCUT2D eigenvalue weighted by Gasteiger charge is 2.27. The lowest BCUT2D eigenvalue weighted by Crippen LogP contribution is -2.41. The summed E-state index contributed by atoms with van der Waals surface area (Å²) in [4.78, 5) is 20.0. The van der Waals surface area contributed by atoms with E-state index in [9.17, 15) is 13.2 Å². The normalized spacial score (nSPS) is 12.0. The van der Waals surface area contributed by atoms with E-state index in [0.29, 0.717) is 11.4 Å². The van der Waals surface area contributed by atoms with Crippen LogP contribution in [0, 0.1) is 20.8 Å². The third-order valence-corrected chi connectivity index (χ3v) is 7.20. The largest absolute Gasteiger partial charge is 0.378 e. The lowest BCUT2D eigenvalue weighted by Gasteiger charge is -2.15. The Labute approximate surface area is 221 Å². The Kier molecular flexibility index (Phi) is 8.10. The topological polar surface area (TPSA) is 109 Å². The van der Waals surface area contributed by atoms with Gasteiger partial charge in [-0.05, 0) is 62.7 Å². The number of anilines is 2. The molecule has 3 rings (SSSR count). The minimum absolute atomic E-state index is 0.0346. The fourth-order valence-corrected chi connectivity index (χ4v) is 5.22. The number of pyridine rings is 1. The van der Waals surface area contributed by atoms with Gasteiger partial charge in [0.1, 0.15) is 11.9 Å². The van der Waals surface area contributed by atoms with Crippen molar-refractivity contribution in [3.63, 3.8) is 0 Å². The first-order valence-corrected chi connectivity index (χ1v) is 13.2. The van der Waals surface area contributed by atoms with Gasteiger partial charge in [0.05, 0.1) is 21.4 Å². The monoisotopic (exact) mass is 548 g/mol. The molecule has 0 unspecified atom stereocenters. The summed E-state index contributed by atoms with van der Waals surface area (Å²) in [5, 5.41) is 7.72. The van der Waals surface area contributed by atoms with Crippen LogP contribution in [0.2, 0.25) is 10.0 Å². The first-order valence-electron chi connectivity index (χ1n) is 10.9. The summed E-state index contributed by atoms with van der Waals surface area (Å²) in [6.07, 6.45) is 1.90. The molecule has 3 aromatic rings. The zero-order valence-electron chi connectivity index (χ0n) is 20.8. The number of carbonyl (C=O) groups is 1. The number of aromatic nitrogens is 1. The number of benzene rings is 2. The van der Waals surface area contributed by atoms with Crippen LogP contribution in [0.5, 0.6) is 0 Å². The molecule has 36 heavy (non-hydrogen) atoms. The minimum atomic E-state index is -4.09. The van der Waals surface area contributed by atoms with Crippen molar-refractivity contribution >= 4 is 61.9 Å². The third kappa shape index (κ3) is 6.04. The molecule has 0 saturated carbocycles. The summed E-state index contributed by atoms with van der Waals surface area (Å²) >= 11 is 12.4. The number of sulfonamides is 1. The van der Waals surface area contributed by atoms with Crippen LogP contribution >= 0.6 is 23.2 Å². The van der Waals surface area contributed by atoms with E-state index in [4.69, 9.17) is 33.3 Å². The lowest BCUT2D eigenvalue weighted by atomic mass is 10.1. The molecule has 0 aliphatic heterocycles. The molecule has 11 heteroatoms. The van der Waals surface area contributed by atoms with Crippen molar-refractivity contribution in [3.05, 3.63) is 75.0 Å². The van der Waals surface area contributed by atoms with Gasteiger partial charge in [0.25, 0.3) is 5.91 Å². The summed E-state index contributed by atoms with van der Waals surface area (Å²) in [7, 11) is 1.64. The van der Waals surface area contributed by atoms with Gasteiger partial charge in [-0.2, -0.15) is 4.57 Å². The van der Waals surface area contributed by atoms with E-state index in [-0.39, 0.29) is 26.3 Å². The molecule has 0 atom stereocenters. The Morgan fingerprint density at radius 2 is 1.69 bits per heavy atom. The molecule has 0 spiro atoms. The molecule has 0 bridgehead atoms. The first kappa shape index (κ1) is 27.6. The minimum Gasteiger partial charge on any atom is -0.378 e. The quantitative estimate of drug-likeness (QED) is 0.355. The van der Waals surface area contributed by atoms with E-state index in [2.05, 4.69) is 5.32 Å². The number of rotatable bonds is 6. The Balaban J connectivity index is 2.16. The Hall–Kier alpha value is -2.98. The van der Waals surface area contributed by atoms with Crippen LogP contribution < -0.4 is 19.9 Å². The molecular formula is C25H28Cl2N5O3S+. The number of hydrogen-bond acceptors (Lipinski definition) is 5. The average molecular weight is 550 g/mol. The number of carbonyl (C=O) groups excluding carboxylic acids is 1. The maximum absolute atomic E-state index is 13.6. The number of nitrogens with one attached hydrogen (secondary N) is 1. The van der Waals surface area contributed by atoms with Gasteiger partial charge in [0, 0.05) is 30.9 Å². The number of nitrogens with zero attached hydrogens (tertiary/aromatic N) is 3. The van der Waals surface area contributed by atoms with Crippen LogP contribution in [0.25, 0.3) is 0 Å². The van der Waals surface area contributed by atoms with Gasteiger partial charge >= 0.3 is 0 Å². The number of nitrogens with two attached hydrogens (primary N) is 1. The summed E-state index contributed by atoms with van der Waals surface area (Å²) in [6.45, 7) is 5.79. The van der Waals surface area contributed by atoms with E-state index in [1.54, 1.807) is 0 Å². The van der Waals surface area contributed by atoms with Crippen molar-refractivity contribution in [1.29, 1.82) is 0 Å². The Bertz CT molecular complexity index is 1480. The van der Waals surface area contributed by atoms with E-state index < -0.39 is 15.9 Å². The lowest BCUT2D eigenvalue weighted by molar-refractivity contribution is -0.673. The van der Waals surface area contributed by atoms with E-state index in [1.165, 1.54) is 6.07 Å². The second-order valence-corrected chi connectivity index (χ2v) is 11.1. The van der Waals surface area contributed by atoms with Gasteiger partial charge in [0.15, 0.2) is 6.20 Å². The highest BCUT2D eigenvalue weighted by molar-refractivity contribution is 7.89. The molecule has 0 fully saturated rings. The number of amides is 1. The van der Waals surface area contributed by atoms with Crippen molar-refractivity contribution in [2.45, 2.75) is 25.7 Å². The fraction of sp³-hybridized carbons (Fsp3) is 0.240. The highest BCUT2D eigenvalue weighted by atomic mass is 35.5. The molecule has 0 aliphatic rings. The van der Waals surface area contributed by atoms with Crippen LogP contribution in [0.3, 0.4) is 0 Å². The molecule has 8 nitrogen and oxygen atoms in total. The first-order chi connectivity index (χ1) is 16.7. The smallest absolute Gasteiger partial charge is 0.281 e. The number of aryl methyl sites for hydroxylation is 4.